The van der Waals surface area contributed by atoms with E-state index in [9.17, 15) is 9.18 Å². The minimum Gasteiger partial charge on any atom is -0.326 e. The molecule has 3 nitrogen and oxygen atoms in total. The number of amides is 1. The molecule has 0 saturated carbocycles. The first-order valence-corrected chi connectivity index (χ1v) is 9.00. The second kappa shape index (κ2) is 8.17. The fourth-order valence-corrected chi connectivity index (χ4v) is 3.48. The smallest absolute Gasteiger partial charge is 0.227 e. The van der Waals surface area contributed by atoms with E-state index in [0.29, 0.717) is 27.8 Å². The van der Waals surface area contributed by atoms with Gasteiger partial charge in [0.25, 0.3) is 0 Å². The molecule has 0 spiro atoms. The summed E-state index contributed by atoms with van der Waals surface area (Å²) in [6.45, 7) is 1.94. The summed E-state index contributed by atoms with van der Waals surface area (Å²) in [5.41, 5.74) is 1.23. The van der Waals surface area contributed by atoms with E-state index in [1.165, 1.54) is 6.07 Å². The SMILES string of the molecule is O=C(Nc1cccc(Cl)c1)C1CCN(Cc2c(F)cccc2Cl)CC1. The third kappa shape index (κ3) is 4.72. The molecule has 1 aliphatic rings. The average Bonchev–Trinajstić information content (AvgIpc) is 2.59. The number of likely N-dealkylation sites (tertiary alicyclic amines) is 1. The molecule has 1 fully saturated rings. The lowest BCUT2D eigenvalue weighted by molar-refractivity contribution is -0.121. The zero-order chi connectivity index (χ0) is 17.8. The van der Waals surface area contributed by atoms with Crippen molar-refractivity contribution in [2.24, 2.45) is 5.92 Å². The Bertz CT molecular complexity index is 741. The van der Waals surface area contributed by atoms with E-state index in [1.807, 2.05) is 6.07 Å². The molecule has 0 unspecified atom stereocenters. The molecule has 6 heteroatoms. The standard InChI is InChI=1S/C19H19Cl2FN2O/c20-14-3-1-4-15(11-14)23-19(25)13-7-9-24(10-8-13)12-16-17(21)5-2-6-18(16)22/h1-6,11,13H,7-10,12H2,(H,23,25). The maximum Gasteiger partial charge on any atom is 0.227 e. The highest BCUT2D eigenvalue weighted by Gasteiger charge is 2.26. The number of nitrogens with one attached hydrogen (secondary N) is 1. The molecule has 1 saturated heterocycles. The van der Waals surface area contributed by atoms with Crippen LogP contribution in [0.5, 0.6) is 0 Å². The van der Waals surface area contributed by atoms with Gasteiger partial charge in [0.2, 0.25) is 5.91 Å². The zero-order valence-electron chi connectivity index (χ0n) is 13.6. The Morgan fingerprint density at radius 3 is 2.56 bits per heavy atom. The predicted octanol–water partition coefficient (Wildman–Crippen LogP) is 4.98. The molecule has 2 aromatic rings. The van der Waals surface area contributed by atoms with Crippen LogP contribution in [0.3, 0.4) is 0 Å². The van der Waals surface area contributed by atoms with Gasteiger partial charge >= 0.3 is 0 Å². The van der Waals surface area contributed by atoms with Crippen LogP contribution in [0, 0.1) is 11.7 Å². The van der Waals surface area contributed by atoms with Gasteiger partial charge in [-0.25, -0.2) is 4.39 Å². The van der Waals surface area contributed by atoms with E-state index in [1.54, 1.807) is 30.3 Å². The summed E-state index contributed by atoms with van der Waals surface area (Å²) in [6.07, 6.45) is 1.47. The Kier molecular flexibility index (Phi) is 5.94. The molecule has 1 heterocycles. The van der Waals surface area contributed by atoms with Crippen molar-refractivity contribution in [2.75, 3.05) is 18.4 Å². The van der Waals surface area contributed by atoms with Gasteiger partial charge < -0.3 is 5.32 Å². The van der Waals surface area contributed by atoms with Gasteiger partial charge in [0.05, 0.1) is 0 Å². The summed E-state index contributed by atoms with van der Waals surface area (Å²) in [7, 11) is 0. The van der Waals surface area contributed by atoms with Crippen LogP contribution in [0.2, 0.25) is 10.0 Å². The lowest BCUT2D eigenvalue weighted by Gasteiger charge is -2.31. The largest absolute Gasteiger partial charge is 0.326 e. The molecule has 3 rings (SSSR count). The van der Waals surface area contributed by atoms with Crippen LogP contribution in [-0.4, -0.2) is 23.9 Å². The number of halogens is 3. The van der Waals surface area contributed by atoms with E-state index >= 15 is 0 Å². The molecule has 2 aromatic carbocycles. The number of benzene rings is 2. The first-order chi connectivity index (χ1) is 12.0. The number of hydrogen-bond donors (Lipinski definition) is 1. The first-order valence-electron chi connectivity index (χ1n) is 8.24. The Balaban J connectivity index is 1.54. The van der Waals surface area contributed by atoms with E-state index in [4.69, 9.17) is 23.2 Å². The molecule has 1 aliphatic heterocycles. The lowest BCUT2D eigenvalue weighted by Crippen LogP contribution is -2.38. The van der Waals surface area contributed by atoms with Crippen LogP contribution < -0.4 is 5.32 Å². The number of piperidine rings is 1. The number of nitrogens with zero attached hydrogens (tertiary/aromatic N) is 1. The van der Waals surface area contributed by atoms with Crippen molar-refractivity contribution < 1.29 is 9.18 Å². The van der Waals surface area contributed by atoms with Gasteiger partial charge in [0.1, 0.15) is 5.82 Å². The van der Waals surface area contributed by atoms with Gasteiger partial charge in [0, 0.05) is 33.8 Å². The third-order valence-electron chi connectivity index (χ3n) is 4.49. The van der Waals surface area contributed by atoms with Crippen molar-refractivity contribution in [1.82, 2.24) is 4.90 Å². The predicted molar refractivity (Wildman–Crippen MR) is 99.5 cm³/mol. The highest BCUT2D eigenvalue weighted by atomic mass is 35.5. The lowest BCUT2D eigenvalue weighted by atomic mass is 9.95. The van der Waals surface area contributed by atoms with Crippen molar-refractivity contribution in [2.45, 2.75) is 19.4 Å². The van der Waals surface area contributed by atoms with Crippen LogP contribution in [0.4, 0.5) is 10.1 Å². The second-order valence-electron chi connectivity index (χ2n) is 6.25. The quantitative estimate of drug-likeness (QED) is 0.810. The fourth-order valence-electron chi connectivity index (χ4n) is 3.07. The number of carbonyl (C=O) groups is 1. The van der Waals surface area contributed by atoms with Gasteiger partial charge in [-0.1, -0.05) is 35.3 Å². The fraction of sp³-hybridized carbons (Fsp3) is 0.316. The van der Waals surface area contributed by atoms with E-state index in [-0.39, 0.29) is 17.6 Å². The summed E-state index contributed by atoms with van der Waals surface area (Å²) >= 11 is 12.0. The number of carbonyl (C=O) groups excluding carboxylic acids is 1. The number of hydrogen-bond acceptors (Lipinski definition) is 2. The topological polar surface area (TPSA) is 32.3 Å². The summed E-state index contributed by atoms with van der Waals surface area (Å²) in [5.74, 6) is -0.328. The van der Waals surface area contributed by atoms with Gasteiger partial charge in [0.15, 0.2) is 0 Å². The minimum atomic E-state index is -0.284. The van der Waals surface area contributed by atoms with Gasteiger partial charge in [-0.05, 0) is 56.3 Å². The molecule has 0 atom stereocenters. The van der Waals surface area contributed by atoms with Crippen LogP contribution in [0.25, 0.3) is 0 Å². The van der Waals surface area contributed by atoms with Crippen LogP contribution in [0.1, 0.15) is 18.4 Å². The average molecular weight is 381 g/mol. The van der Waals surface area contributed by atoms with Crippen LogP contribution in [0.15, 0.2) is 42.5 Å². The molecule has 1 N–H and O–H groups in total. The maximum atomic E-state index is 13.9. The summed E-state index contributed by atoms with van der Waals surface area (Å²) in [5, 5.41) is 3.95. The number of anilines is 1. The molecular formula is C19H19Cl2FN2O. The minimum absolute atomic E-state index is 0.00541. The molecule has 0 aliphatic carbocycles. The first kappa shape index (κ1) is 18.2. The Hall–Kier alpha value is -1.62. The molecule has 0 radical (unpaired) electrons. The van der Waals surface area contributed by atoms with Crippen molar-refractivity contribution in [3.63, 3.8) is 0 Å². The van der Waals surface area contributed by atoms with E-state index in [0.717, 1.165) is 25.9 Å². The third-order valence-corrected chi connectivity index (χ3v) is 5.08. The van der Waals surface area contributed by atoms with Crippen molar-refractivity contribution in [3.05, 3.63) is 63.9 Å². The summed E-state index contributed by atoms with van der Waals surface area (Å²) in [4.78, 5) is 14.5. The molecular weight excluding hydrogens is 362 g/mol. The maximum absolute atomic E-state index is 13.9. The summed E-state index contributed by atoms with van der Waals surface area (Å²) in [6, 6.07) is 11.8. The van der Waals surface area contributed by atoms with Crippen LogP contribution in [-0.2, 0) is 11.3 Å². The van der Waals surface area contributed by atoms with Gasteiger partial charge in [-0.3, -0.25) is 9.69 Å². The van der Waals surface area contributed by atoms with Crippen molar-refractivity contribution >= 4 is 34.8 Å². The van der Waals surface area contributed by atoms with Crippen molar-refractivity contribution in [1.29, 1.82) is 0 Å². The second-order valence-corrected chi connectivity index (χ2v) is 7.09. The van der Waals surface area contributed by atoms with E-state index < -0.39 is 0 Å². The molecule has 0 aromatic heterocycles. The van der Waals surface area contributed by atoms with Gasteiger partial charge in [-0.2, -0.15) is 0 Å². The normalized spacial score (nSPS) is 16.0. The van der Waals surface area contributed by atoms with E-state index in [2.05, 4.69) is 10.2 Å². The Morgan fingerprint density at radius 1 is 1.16 bits per heavy atom. The Morgan fingerprint density at radius 2 is 1.88 bits per heavy atom. The van der Waals surface area contributed by atoms with Crippen molar-refractivity contribution in [3.8, 4) is 0 Å². The molecule has 0 bridgehead atoms. The number of rotatable bonds is 4. The summed E-state index contributed by atoms with van der Waals surface area (Å²) < 4.78 is 13.9. The van der Waals surface area contributed by atoms with Crippen LogP contribution >= 0.6 is 23.2 Å². The Labute approximate surface area is 156 Å². The molecule has 25 heavy (non-hydrogen) atoms. The zero-order valence-corrected chi connectivity index (χ0v) is 15.2. The highest BCUT2D eigenvalue weighted by molar-refractivity contribution is 6.31. The van der Waals surface area contributed by atoms with Gasteiger partial charge in [-0.15, -0.1) is 0 Å². The monoisotopic (exact) mass is 380 g/mol. The highest BCUT2D eigenvalue weighted by Crippen LogP contribution is 2.25. The molecule has 132 valence electrons. The molecule has 1 amide bonds.